The zero-order chi connectivity index (χ0) is 28.9. The van der Waals surface area contributed by atoms with Crippen LogP contribution in [-0.4, -0.2) is 0 Å². The number of rotatable bonds is 5. The van der Waals surface area contributed by atoms with Gasteiger partial charge in [0.2, 0.25) is 0 Å². The molecule has 1 aliphatic rings. The predicted octanol–water partition coefficient (Wildman–Crippen LogP) is 11.1. The van der Waals surface area contributed by atoms with Gasteiger partial charge in [-0.25, -0.2) is 0 Å². The van der Waals surface area contributed by atoms with Gasteiger partial charge in [0.25, 0.3) is 0 Å². The second kappa shape index (κ2) is 11.3. The van der Waals surface area contributed by atoms with Gasteiger partial charge in [-0.15, -0.1) is 0 Å². The fourth-order valence-corrected chi connectivity index (χ4v) is 7.94. The van der Waals surface area contributed by atoms with Crippen molar-refractivity contribution in [3.63, 3.8) is 0 Å². The number of benzene rings is 3. The smallest absolute Gasteiger partial charge is 0.0114 e. The minimum Gasteiger partial charge on any atom is -0.0625 e. The second-order valence-corrected chi connectivity index (χ2v) is 13.3. The molecule has 0 aliphatic heterocycles. The third-order valence-corrected chi connectivity index (χ3v) is 11.3. The molecule has 0 aromatic heterocycles. The van der Waals surface area contributed by atoms with Crippen molar-refractivity contribution in [3.05, 3.63) is 89.5 Å². The van der Waals surface area contributed by atoms with E-state index >= 15 is 0 Å². The Hall–Kier alpha value is -2.34. The molecule has 0 heterocycles. The van der Waals surface area contributed by atoms with Crippen LogP contribution in [-0.2, 0) is 12.8 Å². The van der Waals surface area contributed by atoms with Gasteiger partial charge in [0.05, 0.1) is 0 Å². The summed E-state index contributed by atoms with van der Waals surface area (Å²) >= 11 is 0. The van der Waals surface area contributed by atoms with Crippen LogP contribution in [0.4, 0.5) is 0 Å². The quantitative estimate of drug-likeness (QED) is 0.312. The van der Waals surface area contributed by atoms with E-state index in [-0.39, 0.29) is 0 Å². The zero-order valence-electron chi connectivity index (χ0n) is 27.5. The van der Waals surface area contributed by atoms with Crippen LogP contribution in [0.15, 0.2) is 6.07 Å². The lowest BCUT2D eigenvalue weighted by Gasteiger charge is -2.31. The summed E-state index contributed by atoms with van der Waals surface area (Å²) in [5.74, 6) is 1.66. The van der Waals surface area contributed by atoms with Gasteiger partial charge in [-0.1, -0.05) is 25.8 Å². The highest BCUT2D eigenvalue weighted by molar-refractivity contribution is 5.81. The molecule has 4 rings (SSSR count). The second-order valence-electron chi connectivity index (χ2n) is 13.3. The monoisotopic (exact) mass is 522 g/mol. The molecule has 3 aromatic rings. The van der Waals surface area contributed by atoms with E-state index in [9.17, 15) is 0 Å². The summed E-state index contributed by atoms with van der Waals surface area (Å²) in [6, 6.07) is 2.35. The van der Waals surface area contributed by atoms with E-state index in [1.165, 1.54) is 81.3 Å². The van der Waals surface area contributed by atoms with Crippen molar-refractivity contribution >= 4 is 0 Å². The molecule has 0 saturated heterocycles. The van der Waals surface area contributed by atoms with E-state index in [0.29, 0.717) is 0 Å². The topological polar surface area (TPSA) is 0 Å². The van der Waals surface area contributed by atoms with E-state index in [1.807, 2.05) is 0 Å². The Bertz CT molecular complexity index is 1340. The zero-order valence-corrected chi connectivity index (χ0v) is 27.5. The SMILES string of the molecule is Cc1cc(C)c(C)c(-c2c(C)c(C)c(CCc3c(C)c(C)c(C4CCC(C)CC4)c(C)c3C)c(C)c2C)c1C. The van der Waals surface area contributed by atoms with Crippen LogP contribution in [0.25, 0.3) is 11.1 Å². The summed E-state index contributed by atoms with van der Waals surface area (Å²) < 4.78 is 0. The van der Waals surface area contributed by atoms with Gasteiger partial charge in [-0.2, -0.15) is 0 Å². The molecule has 0 spiro atoms. The molecule has 0 nitrogen and oxygen atoms in total. The third kappa shape index (κ3) is 5.14. The molecule has 0 amide bonds. The van der Waals surface area contributed by atoms with E-state index < -0.39 is 0 Å². The van der Waals surface area contributed by atoms with Crippen LogP contribution < -0.4 is 0 Å². The summed E-state index contributed by atoms with van der Waals surface area (Å²) in [5, 5.41) is 0. The fourth-order valence-electron chi connectivity index (χ4n) is 7.94. The Morgan fingerprint density at radius 2 is 0.821 bits per heavy atom. The maximum absolute atomic E-state index is 2.43. The van der Waals surface area contributed by atoms with E-state index in [0.717, 1.165) is 24.7 Å². The lowest BCUT2D eigenvalue weighted by atomic mass is 9.74. The lowest BCUT2D eigenvalue weighted by molar-refractivity contribution is 0.346. The Labute approximate surface area is 240 Å². The number of hydrogen-bond acceptors (Lipinski definition) is 0. The summed E-state index contributed by atoms with van der Waals surface area (Å²) in [6.07, 6.45) is 7.75. The molecule has 1 saturated carbocycles. The molecule has 0 unspecified atom stereocenters. The van der Waals surface area contributed by atoms with Gasteiger partial charge in [0, 0.05) is 0 Å². The van der Waals surface area contributed by atoms with E-state index in [2.05, 4.69) is 96.1 Å². The van der Waals surface area contributed by atoms with Crippen molar-refractivity contribution in [2.24, 2.45) is 5.92 Å². The van der Waals surface area contributed by atoms with Crippen molar-refractivity contribution in [3.8, 4) is 11.1 Å². The first-order valence-electron chi connectivity index (χ1n) is 15.5. The Morgan fingerprint density at radius 1 is 0.462 bits per heavy atom. The first-order chi connectivity index (χ1) is 18.3. The minimum absolute atomic E-state index is 0.757. The van der Waals surface area contributed by atoms with Crippen LogP contribution >= 0.6 is 0 Å². The molecular weight excluding hydrogens is 468 g/mol. The van der Waals surface area contributed by atoms with Crippen LogP contribution in [0.2, 0.25) is 0 Å². The molecule has 210 valence electrons. The molecule has 1 fully saturated rings. The minimum atomic E-state index is 0.757. The first kappa shape index (κ1) is 29.6. The van der Waals surface area contributed by atoms with Crippen LogP contribution in [0.5, 0.6) is 0 Å². The summed E-state index contributed by atoms with van der Waals surface area (Å²) in [7, 11) is 0. The maximum atomic E-state index is 2.43. The van der Waals surface area contributed by atoms with Gasteiger partial charge in [-0.3, -0.25) is 0 Å². The van der Waals surface area contributed by atoms with Gasteiger partial charge >= 0.3 is 0 Å². The highest BCUT2D eigenvalue weighted by atomic mass is 14.3. The Morgan fingerprint density at radius 3 is 1.23 bits per heavy atom. The number of hydrogen-bond donors (Lipinski definition) is 0. The van der Waals surface area contributed by atoms with Crippen molar-refractivity contribution in [1.82, 2.24) is 0 Å². The average Bonchev–Trinajstić information content (AvgIpc) is 2.90. The van der Waals surface area contributed by atoms with Crippen LogP contribution in [0.3, 0.4) is 0 Å². The first-order valence-corrected chi connectivity index (χ1v) is 15.5. The largest absolute Gasteiger partial charge is 0.0625 e. The van der Waals surface area contributed by atoms with Crippen molar-refractivity contribution in [1.29, 1.82) is 0 Å². The normalized spacial score (nSPS) is 17.7. The summed E-state index contributed by atoms with van der Waals surface area (Å²) in [6.45, 7) is 30.7. The van der Waals surface area contributed by atoms with E-state index in [1.54, 1.807) is 38.9 Å². The van der Waals surface area contributed by atoms with E-state index in [4.69, 9.17) is 0 Å². The highest BCUT2D eigenvalue weighted by Crippen LogP contribution is 2.42. The maximum Gasteiger partial charge on any atom is -0.0114 e. The van der Waals surface area contributed by atoms with Gasteiger partial charge in [0.1, 0.15) is 0 Å². The van der Waals surface area contributed by atoms with Gasteiger partial charge < -0.3 is 0 Å². The van der Waals surface area contributed by atoms with Gasteiger partial charge in [-0.05, 0) is 215 Å². The molecule has 0 radical (unpaired) electrons. The molecule has 0 N–H and O–H groups in total. The molecule has 1 aliphatic carbocycles. The van der Waals surface area contributed by atoms with Gasteiger partial charge in [0.15, 0.2) is 0 Å². The molecule has 0 atom stereocenters. The molecular formula is C39H54. The van der Waals surface area contributed by atoms with Crippen LogP contribution in [0.1, 0.15) is 122 Å². The standard InChI is InChI=1S/C39H54/c1-21-14-16-34(17-15-21)37-30(10)26(6)35(27(7)31(37)11)18-19-36-28(8)32(12)39(33(13)29(36)9)38-24(4)22(2)20-23(3)25(38)5/h20-21,34H,14-19H2,1-13H3. The highest BCUT2D eigenvalue weighted by Gasteiger charge is 2.26. The summed E-state index contributed by atoms with van der Waals surface area (Å²) in [4.78, 5) is 0. The Kier molecular flexibility index (Phi) is 8.56. The molecule has 3 aromatic carbocycles. The Balaban J connectivity index is 1.73. The summed E-state index contributed by atoms with van der Waals surface area (Å²) in [5.41, 5.74) is 25.6. The molecule has 39 heavy (non-hydrogen) atoms. The third-order valence-electron chi connectivity index (χ3n) is 11.3. The molecule has 0 bridgehead atoms. The van der Waals surface area contributed by atoms with Crippen molar-refractivity contribution in [2.75, 3.05) is 0 Å². The fraction of sp³-hybridized carbons (Fsp3) is 0.538. The van der Waals surface area contributed by atoms with Crippen molar-refractivity contribution < 1.29 is 0 Å². The molecule has 0 heteroatoms. The van der Waals surface area contributed by atoms with Crippen LogP contribution in [0, 0.1) is 89.0 Å². The predicted molar refractivity (Wildman–Crippen MR) is 173 cm³/mol. The number of aryl methyl sites for hydroxylation is 2. The van der Waals surface area contributed by atoms with Crippen molar-refractivity contribution in [2.45, 2.75) is 134 Å². The lowest BCUT2D eigenvalue weighted by Crippen LogP contribution is -2.16. The average molecular weight is 523 g/mol.